The van der Waals surface area contributed by atoms with Gasteiger partial charge in [0.15, 0.2) is 0 Å². The van der Waals surface area contributed by atoms with Crippen LogP contribution in [-0.2, 0) is 0 Å². The standard InChI is InChI=1S/C18H22/c1-13-7-8-14(2)18(11-13)17-10-9-15-5-3-4-6-16(15)12-17/h3-6,9-10,12-14,18H,7-8,11H2,1-2H3/t13-,14-,18-/m1/s1. The first-order valence-corrected chi connectivity index (χ1v) is 7.23. The van der Waals surface area contributed by atoms with E-state index in [1.807, 2.05) is 0 Å². The molecule has 2 aromatic carbocycles. The van der Waals surface area contributed by atoms with Gasteiger partial charge in [-0.3, -0.25) is 0 Å². The van der Waals surface area contributed by atoms with E-state index in [1.54, 1.807) is 5.56 Å². The third-order valence-corrected chi connectivity index (χ3v) is 4.66. The van der Waals surface area contributed by atoms with E-state index in [9.17, 15) is 0 Å². The second-order valence-corrected chi connectivity index (χ2v) is 6.11. The van der Waals surface area contributed by atoms with Crippen LogP contribution in [0.5, 0.6) is 0 Å². The van der Waals surface area contributed by atoms with Crippen LogP contribution < -0.4 is 0 Å². The predicted molar refractivity (Wildman–Crippen MR) is 78.9 cm³/mol. The van der Waals surface area contributed by atoms with Gasteiger partial charge in [0.25, 0.3) is 0 Å². The van der Waals surface area contributed by atoms with Crippen LogP contribution in [-0.4, -0.2) is 0 Å². The lowest BCUT2D eigenvalue weighted by Gasteiger charge is -2.33. The van der Waals surface area contributed by atoms with Crippen molar-refractivity contribution in [3.05, 3.63) is 48.0 Å². The molecule has 0 bridgehead atoms. The van der Waals surface area contributed by atoms with Gasteiger partial charge < -0.3 is 0 Å². The lowest BCUT2D eigenvalue weighted by Crippen LogP contribution is -2.19. The molecule has 0 unspecified atom stereocenters. The first-order valence-electron chi connectivity index (χ1n) is 7.23. The third kappa shape index (κ3) is 2.16. The van der Waals surface area contributed by atoms with Crippen LogP contribution in [0.2, 0.25) is 0 Å². The van der Waals surface area contributed by atoms with Crippen molar-refractivity contribution in [2.24, 2.45) is 11.8 Å². The summed E-state index contributed by atoms with van der Waals surface area (Å²) in [5, 5.41) is 2.75. The van der Waals surface area contributed by atoms with Crippen molar-refractivity contribution >= 4 is 10.8 Å². The van der Waals surface area contributed by atoms with E-state index in [2.05, 4.69) is 56.3 Å². The number of benzene rings is 2. The maximum absolute atomic E-state index is 2.42. The Bertz CT molecular complexity index is 540. The van der Waals surface area contributed by atoms with Gasteiger partial charge in [0, 0.05) is 0 Å². The molecule has 1 fully saturated rings. The van der Waals surface area contributed by atoms with E-state index in [4.69, 9.17) is 0 Å². The molecule has 0 aromatic heterocycles. The zero-order chi connectivity index (χ0) is 12.5. The first kappa shape index (κ1) is 11.8. The van der Waals surface area contributed by atoms with Crippen molar-refractivity contribution in [3.63, 3.8) is 0 Å². The fourth-order valence-corrected chi connectivity index (χ4v) is 3.44. The quantitative estimate of drug-likeness (QED) is 0.625. The molecule has 0 heteroatoms. The largest absolute Gasteiger partial charge is 0.0625 e. The molecule has 1 aliphatic rings. The van der Waals surface area contributed by atoms with Crippen molar-refractivity contribution in [1.82, 2.24) is 0 Å². The molecule has 2 aromatic rings. The SMILES string of the molecule is C[C@@H]1CC[C@@H](C)[C@H](c2ccc3ccccc3c2)C1. The average Bonchev–Trinajstić information content (AvgIpc) is 2.41. The van der Waals surface area contributed by atoms with E-state index in [0.29, 0.717) is 0 Å². The van der Waals surface area contributed by atoms with Crippen molar-refractivity contribution in [1.29, 1.82) is 0 Å². The van der Waals surface area contributed by atoms with Gasteiger partial charge in [-0.2, -0.15) is 0 Å². The van der Waals surface area contributed by atoms with Crippen LogP contribution in [0.3, 0.4) is 0 Å². The fourth-order valence-electron chi connectivity index (χ4n) is 3.44. The molecular weight excluding hydrogens is 216 g/mol. The monoisotopic (exact) mass is 238 g/mol. The zero-order valence-corrected chi connectivity index (χ0v) is 11.4. The van der Waals surface area contributed by atoms with Gasteiger partial charge in [0.1, 0.15) is 0 Å². The Kier molecular flexibility index (Phi) is 3.11. The third-order valence-electron chi connectivity index (χ3n) is 4.66. The summed E-state index contributed by atoms with van der Waals surface area (Å²) in [5.74, 6) is 2.48. The van der Waals surface area contributed by atoms with E-state index in [-0.39, 0.29) is 0 Å². The Labute approximate surface area is 110 Å². The molecule has 0 radical (unpaired) electrons. The van der Waals surface area contributed by atoms with Gasteiger partial charge >= 0.3 is 0 Å². The van der Waals surface area contributed by atoms with Gasteiger partial charge in [-0.1, -0.05) is 62.7 Å². The Hall–Kier alpha value is -1.30. The minimum absolute atomic E-state index is 0.762. The predicted octanol–water partition coefficient (Wildman–Crippen LogP) is 5.38. The highest BCUT2D eigenvalue weighted by atomic mass is 14.3. The van der Waals surface area contributed by atoms with Crippen molar-refractivity contribution in [2.75, 3.05) is 0 Å². The minimum atomic E-state index is 0.762. The van der Waals surface area contributed by atoms with Gasteiger partial charge in [0.05, 0.1) is 0 Å². The zero-order valence-electron chi connectivity index (χ0n) is 11.4. The molecule has 0 nitrogen and oxygen atoms in total. The molecule has 0 amide bonds. The van der Waals surface area contributed by atoms with Crippen molar-refractivity contribution in [3.8, 4) is 0 Å². The van der Waals surface area contributed by atoms with Crippen LogP contribution in [0.1, 0.15) is 44.6 Å². The lowest BCUT2D eigenvalue weighted by molar-refractivity contribution is 0.265. The number of hydrogen-bond donors (Lipinski definition) is 0. The average molecular weight is 238 g/mol. The van der Waals surface area contributed by atoms with Crippen LogP contribution >= 0.6 is 0 Å². The highest BCUT2D eigenvalue weighted by Gasteiger charge is 2.26. The number of fused-ring (bicyclic) bond motifs is 1. The van der Waals surface area contributed by atoms with Crippen molar-refractivity contribution in [2.45, 2.75) is 39.0 Å². The van der Waals surface area contributed by atoms with Crippen molar-refractivity contribution < 1.29 is 0 Å². The van der Waals surface area contributed by atoms with E-state index in [1.165, 1.54) is 30.0 Å². The summed E-state index contributed by atoms with van der Waals surface area (Å²) < 4.78 is 0. The van der Waals surface area contributed by atoms with Crippen LogP contribution in [0, 0.1) is 11.8 Å². The second-order valence-electron chi connectivity index (χ2n) is 6.11. The van der Waals surface area contributed by atoms with Crippen LogP contribution in [0.25, 0.3) is 10.8 Å². The van der Waals surface area contributed by atoms with E-state index in [0.717, 1.165) is 17.8 Å². The highest BCUT2D eigenvalue weighted by molar-refractivity contribution is 5.83. The molecule has 0 aliphatic heterocycles. The molecule has 3 atom stereocenters. The topological polar surface area (TPSA) is 0 Å². The Balaban J connectivity index is 1.97. The summed E-state index contributed by atoms with van der Waals surface area (Å²) in [6, 6.07) is 15.7. The Morgan fingerprint density at radius 1 is 0.889 bits per heavy atom. The smallest absolute Gasteiger partial charge is 0.0133 e. The van der Waals surface area contributed by atoms with E-state index >= 15 is 0 Å². The normalized spacial score (nSPS) is 28.4. The van der Waals surface area contributed by atoms with Gasteiger partial charge in [0.2, 0.25) is 0 Å². The molecular formula is C18H22. The number of rotatable bonds is 1. The molecule has 3 rings (SSSR count). The molecule has 0 spiro atoms. The molecule has 18 heavy (non-hydrogen) atoms. The summed E-state index contributed by atoms with van der Waals surface area (Å²) in [6.45, 7) is 4.83. The molecule has 0 heterocycles. The summed E-state index contributed by atoms with van der Waals surface area (Å²) in [5.41, 5.74) is 1.55. The molecule has 0 N–H and O–H groups in total. The van der Waals surface area contributed by atoms with Crippen LogP contribution in [0.4, 0.5) is 0 Å². The Morgan fingerprint density at radius 2 is 1.67 bits per heavy atom. The summed E-state index contributed by atoms with van der Waals surface area (Å²) in [7, 11) is 0. The van der Waals surface area contributed by atoms with Gasteiger partial charge in [-0.25, -0.2) is 0 Å². The molecule has 94 valence electrons. The maximum Gasteiger partial charge on any atom is -0.0133 e. The molecule has 0 saturated heterocycles. The maximum atomic E-state index is 2.42. The fraction of sp³-hybridized carbons (Fsp3) is 0.444. The lowest BCUT2D eigenvalue weighted by atomic mass is 9.72. The van der Waals surface area contributed by atoms with E-state index < -0.39 is 0 Å². The number of hydrogen-bond acceptors (Lipinski definition) is 0. The molecule has 1 saturated carbocycles. The summed E-state index contributed by atoms with van der Waals surface area (Å²) in [6.07, 6.45) is 4.16. The van der Waals surface area contributed by atoms with Gasteiger partial charge in [-0.15, -0.1) is 0 Å². The van der Waals surface area contributed by atoms with Gasteiger partial charge in [-0.05, 0) is 46.9 Å². The first-order chi connectivity index (χ1) is 8.74. The minimum Gasteiger partial charge on any atom is -0.0625 e. The summed E-state index contributed by atoms with van der Waals surface area (Å²) in [4.78, 5) is 0. The molecule has 1 aliphatic carbocycles. The highest BCUT2D eigenvalue weighted by Crippen LogP contribution is 2.40. The summed E-state index contributed by atoms with van der Waals surface area (Å²) >= 11 is 0. The second kappa shape index (κ2) is 4.76. The van der Waals surface area contributed by atoms with Crippen LogP contribution in [0.15, 0.2) is 42.5 Å². The Morgan fingerprint density at radius 3 is 2.50 bits per heavy atom.